The minimum Gasteiger partial charge on any atom is -0.350 e. The monoisotopic (exact) mass is 300 g/mol. The molecule has 0 aliphatic carbocycles. The van der Waals surface area contributed by atoms with Crippen LogP contribution in [-0.2, 0) is 0 Å². The average molecular weight is 300 g/mol. The second kappa shape index (κ2) is 5.36. The van der Waals surface area contributed by atoms with E-state index < -0.39 is 24.0 Å². The molecule has 0 saturated carbocycles. The highest BCUT2D eigenvalue weighted by atomic mass is 19.1. The zero-order valence-corrected chi connectivity index (χ0v) is 11.4. The van der Waals surface area contributed by atoms with Crippen LogP contribution >= 0.6 is 0 Å². The summed E-state index contributed by atoms with van der Waals surface area (Å²) in [4.78, 5) is 25.1. The number of rotatable bonds is 2. The molecule has 1 unspecified atom stereocenters. The number of carbonyl (C=O) groups excluding carboxylic acids is 2. The van der Waals surface area contributed by atoms with Crippen LogP contribution in [0.25, 0.3) is 0 Å². The van der Waals surface area contributed by atoms with Crippen molar-refractivity contribution in [3.63, 3.8) is 0 Å². The second-order valence-electron chi connectivity index (χ2n) is 4.76. The summed E-state index contributed by atoms with van der Waals surface area (Å²) in [6, 6.07) is 13.1. The van der Waals surface area contributed by atoms with Crippen LogP contribution in [0.1, 0.15) is 11.7 Å². The van der Waals surface area contributed by atoms with Crippen LogP contribution in [0, 0.1) is 5.82 Å². The van der Waals surface area contributed by atoms with Gasteiger partial charge in [-0.2, -0.15) is 0 Å². The van der Waals surface area contributed by atoms with E-state index in [0.717, 1.165) is 5.01 Å². The van der Waals surface area contributed by atoms with E-state index >= 15 is 0 Å². The van der Waals surface area contributed by atoms with Gasteiger partial charge < -0.3 is 5.73 Å². The fourth-order valence-corrected chi connectivity index (χ4v) is 2.43. The van der Waals surface area contributed by atoms with Crippen molar-refractivity contribution in [1.29, 1.82) is 0 Å². The number of carbonyl (C=O) groups is 2. The maximum Gasteiger partial charge on any atom is 0.342 e. The van der Waals surface area contributed by atoms with Crippen LogP contribution in [0.2, 0.25) is 0 Å². The Morgan fingerprint density at radius 3 is 2.50 bits per heavy atom. The first-order valence-corrected chi connectivity index (χ1v) is 6.57. The van der Waals surface area contributed by atoms with Gasteiger partial charge in [-0.1, -0.05) is 36.4 Å². The lowest BCUT2D eigenvalue weighted by atomic mass is 10.1. The standard InChI is InChI=1S/C15H13FN4O2/c16-11-7-4-8-12(9-11)19-13(10-5-2-1-3-6-10)20(14(17)21)18-15(19)22/h1-9,13H,(H2,17,21)(H,18,22). The van der Waals surface area contributed by atoms with Crippen molar-refractivity contribution in [3.8, 4) is 0 Å². The number of halogens is 1. The first kappa shape index (κ1) is 13.9. The fourth-order valence-electron chi connectivity index (χ4n) is 2.43. The Hall–Kier alpha value is -3.09. The van der Waals surface area contributed by atoms with E-state index in [1.807, 2.05) is 6.07 Å². The van der Waals surface area contributed by atoms with Crippen LogP contribution in [0.4, 0.5) is 19.7 Å². The number of hydrogen-bond donors (Lipinski definition) is 2. The highest BCUT2D eigenvalue weighted by molar-refractivity contribution is 5.97. The van der Waals surface area contributed by atoms with E-state index in [1.165, 1.54) is 23.1 Å². The molecule has 1 fully saturated rings. The number of hydrazine groups is 1. The number of anilines is 1. The summed E-state index contributed by atoms with van der Waals surface area (Å²) in [5.74, 6) is -0.477. The van der Waals surface area contributed by atoms with Crippen LogP contribution in [-0.4, -0.2) is 17.1 Å². The molecule has 0 radical (unpaired) electrons. The van der Waals surface area contributed by atoms with E-state index in [2.05, 4.69) is 5.43 Å². The van der Waals surface area contributed by atoms with E-state index in [9.17, 15) is 14.0 Å². The van der Waals surface area contributed by atoms with Crippen molar-refractivity contribution in [3.05, 3.63) is 66.0 Å². The molecule has 2 aromatic rings. The molecule has 0 spiro atoms. The molecule has 3 rings (SSSR count). The molecule has 7 heteroatoms. The molecule has 1 atom stereocenters. The number of nitrogens with one attached hydrogen (secondary N) is 1. The van der Waals surface area contributed by atoms with Crippen LogP contribution in [0.15, 0.2) is 54.6 Å². The predicted molar refractivity (Wildman–Crippen MR) is 78.0 cm³/mol. The fraction of sp³-hybridized carbons (Fsp3) is 0.0667. The van der Waals surface area contributed by atoms with Crippen molar-refractivity contribution < 1.29 is 14.0 Å². The molecule has 3 N–H and O–H groups in total. The number of nitrogens with two attached hydrogens (primary N) is 1. The summed E-state index contributed by atoms with van der Waals surface area (Å²) < 4.78 is 13.5. The summed E-state index contributed by atoms with van der Waals surface area (Å²) in [6.45, 7) is 0. The predicted octanol–water partition coefficient (Wildman–Crippen LogP) is 2.35. The lowest BCUT2D eigenvalue weighted by Gasteiger charge is -2.27. The highest BCUT2D eigenvalue weighted by Gasteiger charge is 2.41. The number of benzene rings is 2. The first-order chi connectivity index (χ1) is 10.6. The molecule has 2 aromatic carbocycles. The van der Waals surface area contributed by atoms with Crippen molar-refractivity contribution >= 4 is 17.7 Å². The third kappa shape index (κ3) is 2.32. The highest BCUT2D eigenvalue weighted by Crippen LogP contribution is 2.33. The molecule has 1 heterocycles. The first-order valence-electron chi connectivity index (χ1n) is 6.57. The summed E-state index contributed by atoms with van der Waals surface area (Å²) in [7, 11) is 0. The molecular weight excluding hydrogens is 287 g/mol. The number of amides is 4. The van der Waals surface area contributed by atoms with Crippen LogP contribution < -0.4 is 16.1 Å². The van der Waals surface area contributed by atoms with Gasteiger partial charge in [-0.15, -0.1) is 0 Å². The molecule has 112 valence electrons. The topological polar surface area (TPSA) is 78.7 Å². The molecule has 1 aliphatic heterocycles. The Bertz CT molecular complexity index is 722. The molecule has 6 nitrogen and oxygen atoms in total. The summed E-state index contributed by atoms with van der Waals surface area (Å²) in [6.07, 6.45) is -0.784. The Morgan fingerprint density at radius 1 is 1.14 bits per heavy atom. The van der Waals surface area contributed by atoms with Gasteiger partial charge in [-0.25, -0.2) is 24.4 Å². The minimum absolute atomic E-state index is 0.329. The number of urea groups is 2. The Balaban J connectivity index is 2.10. The quantitative estimate of drug-likeness (QED) is 0.893. The Kier molecular flexibility index (Phi) is 3.38. The smallest absolute Gasteiger partial charge is 0.342 e. The molecular formula is C15H13FN4O2. The van der Waals surface area contributed by atoms with E-state index in [0.29, 0.717) is 11.3 Å². The van der Waals surface area contributed by atoms with Crippen LogP contribution in [0.3, 0.4) is 0 Å². The van der Waals surface area contributed by atoms with E-state index in [-0.39, 0.29) is 0 Å². The minimum atomic E-state index is -0.805. The van der Waals surface area contributed by atoms with Gasteiger partial charge in [0.2, 0.25) is 0 Å². The number of nitrogens with zero attached hydrogens (tertiary/aromatic N) is 2. The summed E-state index contributed by atoms with van der Waals surface area (Å²) in [5.41, 5.74) is 8.72. The lowest BCUT2D eigenvalue weighted by molar-refractivity contribution is 0.179. The largest absolute Gasteiger partial charge is 0.350 e. The van der Waals surface area contributed by atoms with Crippen molar-refractivity contribution in [1.82, 2.24) is 10.4 Å². The zero-order valence-electron chi connectivity index (χ0n) is 11.4. The van der Waals surface area contributed by atoms with Gasteiger partial charge in [0.1, 0.15) is 5.82 Å². The average Bonchev–Trinajstić information content (AvgIpc) is 2.86. The maximum atomic E-state index is 13.5. The summed E-state index contributed by atoms with van der Waals surface area (Å²) in [5, 5.41) is 1.02. The third-order valence-corrected chi connectivity index (χ3v) is 3.35. The van der Waals surface area contributed by atoms with Crippen molar-refractivity contribution in [2.24, 2.45) is 5.73 Å². The number of hydrogen-bond acceptors (Lipinski definition) is 2. The molecule has 1 saturated heterocycles. The van der Waals surface area contributed by atoms with Gasteiger partial charge in [0.25, 0.3) is 0 Å². The molecule has 0 aromatic heterocycles. The maximum absolute atomic E-state index is 13.5. The molecule has 0 bridgehead atoms. The van der Waals surface area contributed by atoms with Crippen molar-refractivity contribution in [2.45, 2.75) is 6.17 Å². The summed E-state index contributed by atoms with van der Waals surface area (Å²) >= 11 is 0. The van der Waals surface area contributed by atoms with Gasteiger partial charge in [-0.3, -0.25) is 4.90 Å². The van der Waals surface area contributed by atoms with Crippen molar-refractivity contribution in [2.75, 3.05) is 4.90 Å². The second-order valence-corrected chi connectivity index (χ2v) is 4.76. The van der Waals surface area contributed by atoms with Gasteiger partial charge in [0.05, 0.1) is 5.69 Å². The lowest BCUT2D eigenvalue weighted by Crippen LogP contribution is -2.43. The van der Waals surface area contributed by atoms with E-state index in [4.69, 9.17) is 5.73 Å². The Labute approximate surface area is 125 Å². The molecule has 22 heavy (non-hydrogen) atoms. The third-order valence-electron chi connectivity index (χ3n) is 3.35. The van der Waals surface area contributed by atoms with Gasteiger partial charge >= 0.3 is 12.1 Å². The normalized spacial score (nSPS) is 17.5. The SMILES string of the molecule is NC(=O)N1NC(=O)N(c2cccc(F)c2)C1c1ccccc1. The van der Waals surface area contributed by atoms with Crippen LogP contribution in [0.5, 0.6) is 0 Å². The Morgan fingerprint density at radius 2 is 1.86 bits per heavy atom. The van der Waals surface area contributed by atoms with Gasteiger partial charge in [0, 0.05) is 0 Å². The number of primary amides is 1. The van der Waals surface area contributed by atoms with Gasteiger partial charge in [-0.05, 0) is 23.8 Å². The van der Waals surface area contributed by atoms with E-state index in [1.54, 1.807) is 30.3 Å². The molecule has 4 amide bonds. The molecule has 1 aliphatic rings. The van der Waals surface area contributed by atoms with Gasteiger partial charge in [0.15, 0.2) is 6.17 Å². The zero-order chi connectivity index (χ0) is 15.7.